The summed E-state index contributed by atoms with van der Waals surface area (Å²) in [6.45, 7) is 6.82. The number of methoxy groups -OCH3 is 1. The van der Waals surface area contributed by atoms with Gasteiger partial charge in [-0.1, -0.05) is 32.9 Å². The molecule has 0 saturated heterocycles. The van der Waals surface area contributed by atoms with Crippen LogP contribution < -0.4 is 0 Å². The number of alkyl halides is 3. The van der Waals surface area contributed by atoms with Gasteiger partial charge in [0.2, 0.25) is 0 Å². The van der Waals surface area contributed by atoms with Crippen LogP contribution >= 0.6 is 0 Å². The molecule has 0 bridgehead atoms. The average molecular weight is 459 g/mol. The normalized spacial score (nSPS) is 20.7. The Kier molecular flexibility index (Phi) is 6.01. The second kappa shape index (κ2) is 8.50. The van der Waals surface area contributed by atoms with Gasteiger partial charge in [-0.15, -0.1) is 0 Å². The number of esters is 1. The van der Waals surface area contributed by atoms with E-state index < -0.39 is 17.7 Å². The van der Waals surface area contributed by atoms with Crippen molar-refractivity contribution in [3.8, 4) is 0 Å². The summed E-state index contributed by atoms with van der Waals surface area (Å²) in [5.41, 5.74) is 2.32. The van der Waals surface area contributed by atoms with Crippen molar-refractivity contribution in [3.05, 3.63) is 65.0 Å². The lowest BCUT2D eigenvalue weighted by molar-refractivity contribution is -0.137. The fraction of sp³-hybridized carbons (Fsp3) is 0.462. The molecule has 1 saturated carbocycles. The van der Waals surface area contributed by atoms with E-state index in [4.69, 9.17) is 9.72 Å². The van der Waals surface area contributed by atoms with Crippen LogP contribution in [0, 0.1) is 11.3 Å². The van der Waals surface area contributed by atoms with Crippen LogP contribution in [0.15, 0.2) is 42.5 Å². The molecule has 0 unspecified atom stereocenters. The summed E-state index contributed by atoms with van der Waals surface area (Å²) in [5.74, 6) is 0.911. The molecule has 1 heterocycles. The predicted octanol–water partition coefficient (Wildman–Crippen LogP) is 6.82. The van der Waals surface area contributed by atoms with E-state index in [1.807, 2.05) is 6.07 Å². The van der Waals surface area contributed by atoms with Crippen molar-refractivity contribution in [3.63, 3.8) is 0 Å². The summed E-state index contributed by atoms with van der Waals surface area (Å²) in [5, 5.41) is 0. The summed E-state index contributed by atoms with van der Waals surface area (Å²) in [6, 6.07) is 10.8. The molecule has 3 aromatic rings. The molecule has 0 radical (unpaired) electrons. The molecule has 1 aliphatic rings. The number of rotatable bonds is 4. The Bertz CT molecular complexity index is 1160. The highest BCUT2D eigenvalue weighted by Crippen LogP contribution is 2.45. The first-order valence-corrected chi connectivity index (χ1v) is 11.2. The van der Waals surface area contributed by atoms with Crippen molar-refractivity contribution in [2.45, 2.75) is 58.7 Å². The van der Waals surface area contributed by atoms with Gasteiger partial charge in [0.25, 0.3) is 0 Å². The van der Waals surface area contributed by atoms with E-state index in [0.29, 0.717) is 23.4 Å². The molecule has 4 nitrogen and oxygen atoms in total. The standard InChI is InChI=1S/C26H29F3N2O2/c1-16-11-20(15-25(2,3)14-16)31-22-10-7-18(24(32)33-4)13-21(22)30-23(31)12-17-5-8-19(9-6-17)26(27,28)29/h5-10,13,16,20H,11-12,14-15H2,1-4H3/t16-,20+/m1/s1. The van der Waals surface area contributed by atoms with Crippen LogP contribution in [0.4, 0.5) is 13.2 Å². The lowest BCUT2D eigenvalue weighted by Crippen LogP contribution is -2.30. The molecule has 0 N–H and O–H groups in total. The van der Waals surface area contributed by atoms with Gasteiger partial charge in [0, 0.05) is 12.5 Å². The average Bonchev–Trinajstić information content (AvgIpc) is 3.08. The molecule has 0 aliphatic heterocycles. The number of aromatic nitrogens is 2. The van der Waals surface area contributed by atoms with Crippen LogP contribution in [-0.2, 0) is 17.3 Å². The van der Waals surface area contributed by atoms with E-state index in [1.165, 1.54) is 19.2 Å². The largest absolute Gasteiger partial charge is 0.465 e. The third-order valence-electron chi connectivity index (χ3n) is 6.56. The van der Waals surface area contributed by atoms with E-state index in [2.05, 4.69) is 25.3 Å². The van der Waals surface area contributed by atoms with Gasteiger partial charge in [-0.3, -0.25) is 0 Å². The van der Waals surface area contributed by atoms with Gasteiger partial charge in [-0.2, -0.15) is 13.2 Å². The Morgan fingerprint density at radius 1 is 1.15 bits per heavy atom. The maximum atomic E-state index is 13.0. The van der Waals surface area contributed by atoms with E-state index in [1.54, 1.807) is 12.1 Å². The Labute approximate surface area is 191 Å². The van der Waals surface area contributed by atoms with Crippen LogP contribution in [0.5, 0.6) is 0 Å². The highest BCUT2D eigenvalue weighted by Gasteiger charge is 2.35. The quantitative estimate of drug-likeness (QED) is 0.403. The first-order valence-electron chi connectivity index (χ1n) is 11.2. The molecule has 33 heavy (non-hydrogen) atoms. The minimum Gasteiger partial charge on any atom is -0.465 e. The third-order valence-corrected chi connectivity index (χ3v) is 6.56. The number of nitrogens with zero attached hydrogens (tertiary/aromatic N) is 2. The number of fused-ring (bicyclic) bond motifs is 1. The van der Waals surface area contributed by atoms with Crippen molar-refractivity contribution >= 4 is 17.0 Å². The van der Waals surface area contributed by atoms with E-state index in [9.17, 15) is 18.0 Å². The van der Waals surface area contributed by atoms with Crippen molar-refractivity contribution in [1.82, 2.24) is 9.55 Å². The monoisotopic (exact) mass is 458 g/mol. The summed E-state index contributed by atoms with van der Waals surface area (Å²) < 4.78 is 46.0. The minimum atomic E-state index is -4.36. The van der Waals surface area contributed by atoms with Crippen molar-refractivity contribution in [2.24, 2.45) is 11.3 Å². The summed E-state index contributed by atoms with van der Waals surface area (Å²) in [4.78, 5) is 16.9. The maximum absolute atomic E-state index is 13.0. The van der Waals surface area contributed by atoms with Gasteiger partial charge < -0.3 is 9.30 Å². The molecular weight excluding hydrogens is 429 g/mol. The Morgan fingerprint density at radius 3 is 2.45 bits per heavy atom. The van der Waals surface area contributed by atoms with Gasteiger partial charge in [0.15, 0.2) is 0 Å². The molecule has 0 amide bonds. The van der Waals surface area contributed by atoms with Gasteiger partial charge >= 0.3 is 12.1 Å². The van der Waals surface area contributed by atoms with Gasteiger partial charge in [0.1, 0.15) is 5.82 Å². The number of ether oxygens (including phenoxy) is 1. The Hall–Kier alpha value is -2.83. The molecule has 2 aromatic carbocycles. The molecule has 1 fully saturated rings. The first-order chi connectivity index (χ1) is 15.5. The third kappa shape index (κ3) is 4.92. The van der Waals surface area contributed by atoms with Gasteiger partial charge in [-0.05, 0) is 66.5 Å². The number of benzene rings is 2. The zero-order valence-corrected chi connectivity index (χ0v) is 19.4. The molecule has 0 spiro atoms. The van der Waals surface area contributed by atoms with E-state index in [-0.39, 0.29) is 11.5 Å². The summed E-state index contributed by atoms with van der Waals surface area (Å²) >= 11 is 0. The fourth-order valence-electron chi connectivity index (χ4n) is 5.41. The lowest BCUT2D eigenvalue weighted by atomic mass is 9.70. The maximum Gasteiger partial charge on any atom is 0.416 e. The predicted molar refractivity (Wildman–Crippen MR) is 121 cm³/mol. The summed E-state index contributed by atoms with van der Waals surface area (Å²) in [6.07, 6.45) is -0.808. The highest BCUT2D eigenvalue weighted by atomic mass is 19.4. The zero-order valence-electron chi connectivity index (χ0n) is 19.4. The fourth-order valence-corrected chi connectivity index (χ4v) is 5.41. The topological polar surface area (TPSA) is 44.1 Å². The lowest BCUT2D eigenvalue weighted by Gasteiger charge is -2.40. The van der Waals surface area contributed by atoms with Crippen molar-refractivity contribution in [1.29, 1.82) is 0 Å². The zero-order chi connectivity index (χ0) is 24.0. The van der Waals surface area contributed by atoms with Crippen LogP contribution in [0.1, 0.15) is 73.4 Å². The number of hydrogen-bond donors (Lipinski definition) is 0. The molecule has 4 rings (SSSR count). The first kappa shape index (κ1) is 23.3. The molecule has 2 atom stereocenters. The van der Waals surface area contributed by atoms with Crippen LogP contribution in [0.3, 0.4) is 0 Å². The molecule has 1 aliphatic carbocycles. The van der Waals surface area contributed by atoms with Gasteiger partial charge in [-0.25, -0.2) is 9.78 Å². The number of carbonyl (C=O) groups is 1. The molecule has 176 valence electrons. The van der Waals surface area contributed by atoms with Crippen LogP contribution in [-0.4, -0.2) is 22.6 Å². The van der Waals surface area contributed by atoms with Crippen LogP contribution in [0.25, 0.3) is 11.0 Å². The molecule has 1 aromatic heterocycles. The smallest absolute Gasteiger partial charge is 0.416 e. The number of halogens is 3. The number of carbonyl (C=O) groups excluding carboxylic acids is 1. The number of hydrogen-bond acceptors (Lipinski definition) is 3. The number of imidazole rings is 1. The second-order valence-corrected chi connectivity index (χ2v) is 10.0. The van der Waals surface area contributed by atoms with E-state index in [0.717, 1.165) is 48.3 Å². The van der Waals surface area contributed by atoms with E-state index >= 15 is 0 Å². The summed E-state index contributed by atoms with van der Waals surface area (Å²) in [7, 11) is 1.34. The van der Waals surface area contributed by atoms with Crippen LogP contribution in [0.2, 0.25) is 0 Å². The Morgan fingerprint density at radius 2 is 1.85 bits per heavy atom. The highest BCUT2D eigenvalue weighted by molar-refractivity contribution is 5.93. The minimum absolute atomic E-state index is 0.177. The second-order valence-electron chi connectivity index (χ2n) is 10.0. The van der Waals surface area contributed by atoms with Gasteiger partial charge in [0.05, 0.1) is 29.3 Å². The molecular formula is C26H29F3N2O2. The van der Waals surface area contributed by atoms with Crippen molar-refractivity contribution < 1.29 is 22.7 Å². The molecule has 7 heteroatoms. The Balaban J connectivity index is 1.78. The SMILES string of the molecule is COC(=O)c1ccc2c(c1)nc(Cc1ccc(C(F)(F)F)cc1)n2[C@H]1C[C@@H](C)CC(C)(C)C1. The van der Waals surface area contributed by atoms with Crippen molar-refractivity contribution in [2.75, 3.05) is 7.11 Å².